The van der Waals surface area contributed by atoms with Gasteiger partial charge in [-0.15, -0.1) is 0 Å². The number of carbonyl (C=O) groups is 1. The lowest BCUT2D eigenvalue weighted by Gasteiger charge is -1.95. The third-order valence-electron chi connectivity index (χ3n) is 0.624. The molecule has 0 aromatic heterocycles. The molecule has 1 rings (SSSR count). The van der Waals surface area contributed by atoms with Crippen LogP contribution in [0.25, 0.3) is 0 Å². The summed E-state index contributed by atoms with van der Waals surface area (Å²) in [5.74, 6) is 0. The van der Waals surface area contributed by atoms with Crippen LogP contribution in [0.3, 0.4) is 0 Å². The molecule has 0 N–H and O–H groups in total. The fraction of sp³-hybridized carbons (Fsp3) is 0.667. The van der Waals surface area contributed by atoms with Gasteiger partial charge in [0.15, 0.2) is 0 Å². The van der Waals surface area contributed by atoms with Gasteiger partial charge in [-0.25, -0.2) is 4.79 Å². The first-order valence-electron chi connectivity index (χ1n) is 1.85. The Balaban J connectivity index is 2.51. The monoisotopic (exact) mass is 156 g/mol. The van der Waals surface area contributed by atoms with Crippen molar-refractivity contribution in [3.63, 3.8) is 0 Å². The number of halogens is 2. The zero-order valence-corrected chi connectivity index (χ0v) is 5.15. The van der Waals surface area contributed by atoms with E-state index in [4.69, 9.17) is 23.2 Å². The Morgan fingerprint density at radius 3 is 1.75 bits per heavy atom. The van der Waals surface area contributed by atoms with Crippen LogP contribution in [0, 0.1) is 0 Å². The van der Waals surface area contributed by atoms with Crippen molar-refractivity contribution in [1.82, 2.24) is 0 Å². The Bertz CT molecular complexity index is 103. The van der Waals surface area contributed by atoms with E-state index >= 15 is 0 Å². The van der Waals surface area contributed by atoms with Crippen molar-refractivity contribution >= 4 is 29.4 Å². The summed E-state index contributed by atoms with van der Waals surface area (Å²) in [5, 5.41) is 0. The molecule has 1 heterocycles. The SMILES string of the molecule is O=C1O[C@@H](Cl)[C@@H](Cl)O1. The molecule has 0 aliphatic carbocycles. The first-order chi connectivity index (χ1) is 3.70. The fourth-order valence-corrected chi connectivity index (χ4v) is 0.567. The molecule has 46 valence electrons. The van der Waals surface area contributed by atoms with Gasteiger partial charge in [0, 0.05) is 0 Å². The molecule has 2 atom stereocenters. The second kappa shape index (κ2) is 1.99. The minimum Gasteiger partial charge on any atom is -0.409 e. The maximum atomic E-state index is 10.1. The van der Waals surface area contributed by atoms with E-state index in [-0.39, 0.29) is 0 Å². The van der Waals surface area contributed by atoms with Crippen LogP contribution >= 0.6 is 23.2 Å². The maximum Gasteiger partial charge on any atom is 0.511 e. The van der Waals surface area contributed by atoms with Gasteiger partial charge in [0.05, 0.1) is 0 Å². The van der Waals surface area contributed by atoms with Crippen LogP contribution in [0.1, 0.15) is 0 Å². The highest BCUT2D eigenvalue weighted by atomic mass is 35.5. The molecule has 0 amide bonds. The van der Waals surface area contributed by atoms with Gasteiger partial charge in [-0.2, -0.15) is 0 Å². The molecule has 0 aromatic carbocycles. The molecule has 0 saturated carbocycles. The Kier molecular flexibility index (Phi) is 1.49. The number of hydrogen-bond donors (Lipinski definition) is 0. The average molecular weight is 157 g/mol. The second-order valence-electron chi connectivity index (χ2n) is 1.19. The van der Waals surface area contributed by atoms with E-state index in [1.54, 1.807) is 0 Å². The largest absolute Gasteiger partial charge is 0.511 e. The van der Waals surface area contributed by atoms with Gasteiger partial charge in [0.1, 0.15) is 0 Å². The highest BCUT2D eigenvalue weighted by Gasteiger charge is 2.32. The number of ether oxygens (including phenoxy) is 2. The molecule has 1 fully saturated rings. The Labute approximate surface area is 55.5 Å². The molecule has 0 aromatic rings. The van der Waals surface area contributed by atoms with Crippen LogP contribution in [-0.2, 0) is 9.47 Å². The van der Waals surface area contributed by atoms with Crippen LogP contribution in [0.4, 0.5) is 4.79 Å². The first-order valence-corrected chi connectivity index (χ1v) is 2.73. The Morgan fingerprint density at radius 2 is 1.62 bits per heavy atom. The van der Waals surface area contributed by atoms with Gasteiger partial charge < -0.3 is 9.47 Å². The molecule has 1 aliphatic rings. The van der Waals surface area contributed by atoms with E-state index < -0.39 is 17.3 Å². The minimum absolute atomic E-state index is 0.815. The van der Waals surface area contributed by atoms with Crippen molar-refractivity contribution in [2.75, 3.05) is 0 Å². The van der Waals surface area contributed by atoms with E-state index in [9.17, 15) is 4.79 Å². The molecule has 1 saturated heterocycles. The number of carbonyl (C=O) groups excluding carboxylic acids is 1. The van der Waals surface area contributed by atoms with Gasteiger partial charge in [-0.1, -0.05) is 23.2 Å². The molecule has 0 unspecified atom stereocenters. The molecule has 0 radical (unpaired) electrons. The number of alkyl halides is 2. The predicted molar refractivity (Wildman–Crippen MR) is 26.8 cm³/mol. The molecule has 1 aliphatic heterocycles. The third-order valence-corrected chi connectivity index (χ3v) is 1.39. The second-order valence-corrected chi connectivity index (χ2v) is 2.05. The summed E-state index contributed by atoms with van der Waals surface area (Å²) in [6, 6.07) is 0. The van der Waals surface area contributed by atoms with Gasteiger partial charge in [-0.3, -0.25) is 0 Å². The topological polar surface area (TPSA) is 35.5 Å². The summed E-state index contributed by atoms with van der Waals surface area (Å²) >= 11 is 10.5. The molecule has 0 spiro atoms. The summed E-state index contributed by atoms with van der Waals surface area (Å²) < 4.78 is 8.49. The average Bonchev–Trinajstić information content (AvgIpc) is 1.85. The molecule has 8 heavy (non-hydrogen) atoms. The van der Waals surface area contributed by atoms with E-state index in [2.05, 4.69) is 9.47 Å². The number of cyclic esters (lactones) is 2. The minimum atomic E-state index is -0.843. The summed E-state index contributed by atoms with van der Waals surface area (Å²) in [6.07, 6.45) is -0.815. The summed E-state index contributed by atoms with van der Waals surface area (Å²) in [5.41, 5.74) is -1.69. The van der Waals surface area contributed by atoms with Crippen LogP contribution < -0.4 is 0 Å². The van der Waals surface area contributed by atoms with Crippen LogP contribution in [0.5, 0.6) is 0 Å². The smallest absolute Gasteiger partial charge is 0.409 e. The lowest BCUT2D eigenvalue weighted by Crippen LogP contribution is -2.07. The van der Waals surface area contributed by atoms with Crippen molar-refractivity contribution in [3.8, 4) is 0 Å². The Hall–Kier alpha value is -0.150. The highest BCUT2D eigenvalue weighted by Crippen LogP contribution is 2.20. The molecule has 5 heteroatoms. The van der Waals surface area contributed by atoms with Crippen molar-refractivity contribution < 1.29 is 14.3 Å². The predicted octanol–water partition coefficient (Wildman–Crippen LogP) is 1.28. The summed E-state index contributed by atoms with van der Waals surface area (Å²) in [6.45, 7) is 0. The summed E-state index contributed by atoms with van der Waals surface area (Å²) in [4.78, 5) is 10.1. The third kappa shape index (κ3) is 0.980. The van der Waals surface area contributed by atoms with Gasteiger partial charge in [0.25, 0.3) is 0 Å². The van der Waals surface area contributed by atoms with Gasteiger partial charge >= 0.3 is 6.16 Å². The zero-order valence-electron chi connectivity index (χ0n) is 3.64. The molecule has 0 bridgehead atoms. The van der Waals surface area contributed by atoms with Crippen molar-refractivity contribution in [1.29, 1.82) is 0 Å². The quantitative estimate of drug-likeness (QED) is 0.392. The maximum absolute atomic E-state index is 10.1. The molecular weight excluding hydrogens is 155 g/mol. The highest BCUT2D eigenvalue weighted by molar-refractivity contribution is 6.29. The normalized spacial score (nSPS) is 36.5. The van der Waals surface area contributed by atoms with E-state index in [0.717, 1.165) is 0 Å². The fourth-order valence-electron chi connectivity index (χ4n) is 0.319. The van der Waals surface area contributed by atoms with Gasteiger partial charge in [-0.05, 0) is 0 Å². The standard InChI is InChI=1S/C3H2Cl2O3/c4-1-2(5)8-3(6)7-1/h1-2H/t1-,2+. The van der Waals surface area contributed by atoms with E-state index in [0.29, 0.717) is 0 Å². The molecular formula is C3H2Cl2O3. The Morgan fingerprint density at radius 1 is 1.25 bits per heavy atom. The van der Waals surface area contributed by atoms with Crippen molar-refractivity contribution in [3.05, 3.63) is 0 Å². The van der Waals surface area contributed by atoms with Crippen LogP contribution in [0.15, 0.2) is 0 Å². The zero-order chi connectivity index (χ0) is 6.15. The van der Waals surface area contributed by atoms with Gasteiger partial charge in [0.2, 0.25) is 11.1 Å². The van der Waals surface area contributed by atoms with Crippen molar-refractivity contribution in [2.45, 2.75) is 11.1 Å². The van der Waals surface area contributed by atoms with Crippen LogP contribution in [0.2, 0.25) is 0 Å². The number of rotatable bonds is 0. The van der Waals surface area contributed by atoms with Crippen molar-refractivity contribution in [2.24, 2.45) is 0 Å². The number of hydrogen-bond acceptors (Lipinski definition) is 3. The van der Waals surface area contributed by atoms with E-state index in [1.165, 1.54) is 0 Å². The lowest BCUT2D eigenvalue weighted by atomic mass is 10.8. The van der Waals surface area contributed by atoms with Crippen LogP contribution in [-0.4, -0.2) is 17.3 Å². The lowest BCUT2D eigenvalue weighted by molar-refractivity contribution is 0.126. The molecule has 3 nitrogen and oxygen atoms in total. The van der Waals surface area contributed by atoms with E-state index in [1.807, 2.05) is 0 Å². The first kappa shape index (κ1) is 5.98. The summed E-state index contributed by atoms with van der Waals surface area (Å²) in [7, 11) is 0.